The van der Waals surface area contributed by atoms with E-state index in [2.05, 4.69) is 15.9 Å². The van der Waals surface area contributed by atoms with E-state index in [9.17, 15) is 18.3 Å². The molecule has 0 heterocycles. The highest BCUT2D eigenvalue weighted by atomic mass is 79.9. The third-order valence-corrected chi connectivity index (χ3v) is 3.51. The maximum absolute atomic E-state index is 13.5. The second-order valence-electron chi connectivity index (χ2n) is 4.10. The molecule has 0 bridgehead atoms. The van der Waals surface area contributed by atoms with Crippen molar-refractivity contribution in [2.45, 2.75) is 12.5 Å². The Labute approximate surface area is 116 Å². The molecular weight excluding hydrogens is 321 g/mol. The Kier molecular flexibility index (Phi) is 4.27. The van der Waals surface area contributed by atoms with Crippen LogP contribution in [0.15, 0.2) is 40.9 Å². The van der Waals surface area contributed by atoms with Crippen LogP contribution in [0.25, 0.3) is 0 Å². The molecule has 0 spiro atoms. The van der Waals surface area contributed by atoms with Gasteiger partial charge in [-0.1, -0.05) is 34.1 Å². The number of aliphatic hydroxyl groups excluding tert-OH is 1. The number of benzene rings is 2. The second-order valence-corrected chi connectivity index (χ2v) is 4.95. The largest absolute Gasteiger partial charge is 0.388 e. The summed E-state index contributed by atoms with van der Waals surface area (Å²) in [6.07, 6.45) is -1.14. The molecule has 0 radical (unpaired) electrons. The molecule has 0 fully saturated rings. The average molecular weight is 331 g/mol. The van der Waals surface area contributed by atoms with Gasteiger partial charge in [0.2, 0.25) is 0 Å². The Morgan fingerprint density at radius 3 is 2.53 bits per heavy atom. The molecule has 19 heavy (non-hydrogen) atoms. The molecule has 0 saturated heterocycles. The number of aliphatic hydroxyl groups is 1. The lowest BCUT2D eigenvalue weighted by atomic mass is 10.0. The summed E-state index contributed by atoms with van der Waals surface area (Å²) < 4.78 is 40.0. The van der Waals surface area contributed by atoms with E-state index in [-0.39, 0.29) is 12.0 Å². The maximum Gasteiger partial charge on any atom is 0.164 e. The van der Waals surface area contributed by atoms with Crippen molar-refractivity contribution in [2.24, 2.45) is 0 Å². The van der Waals surface area contributed by atoms with E-state index in [1.807, 2.05) is 0 Å². The minimum absolute atomic E-state index is 0.0568. The molecule has 0 aliphatic carbocycles. The lowest BCUT2D eigenvalue weighted by Crippen LogP contribution is -2.06. The topological polar surface area (TPSA) is 20.2 Å². The molecular formula is C14H10BrF3O. The molecule has 1 unspecified atom stereocenters. The zero-order valence-corrected chi connectivity index (χ0v) is 11.3. The fourth-order valence-electron chi connectivity index (χ4n) is 1.78. The van der Waals surface area contributed by atoms with E-state index in [0.29, 0.717) is 10.0 Å². The minimum Gasteiger partial charge on any atom is -0.388 e. The van der Waals surface area contributed by atoms with E-state index >= 15 is 0 Å². The monoisotopic (exact) mass is 330 g/mol. The number of hydrogen-bond acceptors (Lipinski definition) is 1. The van der Waals surface area contributed by atoms with Gasteiger partial charge < -0.3 is 5.11 Å². The molecule has 0 aliphatic rings. The van der Waals surface area contributed by atoms with E-state index < -0.39 is 23.6 Å². The van der Waals surface area contributed by atoms with Gasteiger partial charge in [-0.2, -0.15) is 0 Å². The van der Waals surface area contributed by atoms with Gasteiger partial charge in [-0.05, 0) is 23.8 Å². The molecule has 1 atom stereocenters. The third-order valence-electron chi connectivity index (χ3n) is 2.77. The van der Waals surface area contributed by atoms with Crippen molar-refractivity contribution in [3.05, 3.63) is 69.4 Å². The van der Waals surface area contributed by atoms with Crippen molar-refractivity contribution in [1.82, 2.24) is 0 Å². The van der Waals surface area contributed by atoms with Gasteiger partial charge in [0.15, 0.2) is 11.6 Å². The summed E-state index contributed by atoms with van der Waals surface area (Å²) in [6.45, 7) is 0. The summed E-state index contributed by atoms with van der Waals surface area (Å²) in [5.74, 6) is -2.48. The first-order valence-electron chi connectivity index (χ1n) is 5.55. The van der Waals surface area contributed by atoms with Gasteiger partial charge in [-0.15, -0.1) is 0 Å². The molecule has 2 aromatic carbocycles. The van der Waals surface area contributed by atoms with Crippen LogP contribution in [0.2, 0.25) is 0 Å². The second kappa shape index (κ2) is 5.75. The lowest BCUT2D eigenvalue weighted by Gasteiger charge is -2.13. The Hall–Kier alpha value is -1.33. The maximum atomic E-state index is 13.5. The Bertz CT molecular complexity index is 601. The summed E-state index contributed by atoms with van der Waals surface area (Å²) in [6, 6.07) is 7.62. The number of rotatable bonds is 3. The molecule has 2 aromatic rings. The van der Waals surface area contributed by atoms with Crippen LogP contribution < -0.4 is 0 Å². The summed E-state index contributed by atoms with van der Waals surface area (Å²) >= 11 is 3.16. The van der Waals surface area contributed by atoms with Crippen LogP contribution in [-0.2, 0) is 6.42 Å². The normalized spacial score (nSPS) is 12.5. The average Bonchev–Trinajstić information content (AvgIpc) is 2.36. The predicted molar refractivity (Wildman–Crippen MR) is 69.1 cm³/mol. The fourth-order valence-corrected chi connectivity index (χ4v) is 2.30. The Morgan fingerprint density at radius 2 is 1.84 bits per heavy atom. The molecule has 1 nitrogen and oxygen atoms in total. The van der Waals surface area contributed by atoms with Crippen LogP contribution in [0.3, 0.4) is 0 Å². The van der Waals surface area contributed by atoms with E-state index in [0.717, 1.165) is 6.07 Å². The zero-order valence-electron chi connectivity index (χ0n) is 9.71. The first-order chi connectivity index (χ1) is 8.99. The van der Waals surface area contributed by atoms with Crippen LogP contribution in [-0.4, -0.2) is 5.11 Å². The van der Waals surface area contributed by atoms with Gasteiger partial charge in [0.05, 0.1) is 6.10 Å². The number of halogens is 4. The first-order valence-corrected chi connectivity index (χ1v) is 6.34. The van der Waals surface area contributed by atoms with Crippen LogP contribution in [0.4, 0.5) is 13.2 Å². The summed E-state index contributed by atoms with van der Waals surface area (Å²) in [5.41, 5.74) is 0.494. The van der Waals surface area contributed by atoms with Gasteiger partial charge >= 0.3 is 0 Å². The van der Waals surface area contributed by atoms with Crippen molar-refractivity contribution in [1.29, 1.82) is 0 Å². The van der Waals surface area contributed by atoms with Gasteiger partial charge in [-0.25, -0.2) is 13.2 Å². The predicted octanol–water partition coefficient (Wildman–Crippen LogP) is 4.14. The van der Waals surface area contributed by atoms with Gasteiger partial charge in [0.25, 0.3) is 0 Å². The lowest BCUT2D eigenvalue weighted by molar-refractivity contribution is 0.172. The molecule has 100 valence electrons. The highest BCUT2D eigenvalue weighted by Crippen LogP contribution is 2.26. The summed E-state index contributed by atoms with van der Waals surface area (Å²) in [5, 5.41) is 9.95. The van der Waals surface area contributed by atoms with Crippen LogP contribution in [0, 0.1) is 17.5 Å². The van der Waals surface area contributed by atoms with Crippen LogP contribution >= 0.6 is 15.9 Å². The number of hydrogen-bond donors (Lipinski definition) is 1. The Morgan fingerprint density at radius 1 is 1.11 bits per heavy atom. The molecule has 1 N–H and O–H groups in total. The minimum atomic E-state index is -1.20. The van der Waals surface area contributed by atoms with Crippen molar-refractivity contribution >= 4 is 15.9 Å². The smallest absolute Gasteiger partial charge is 0.164 e. The van der Waals surface area contributed by atoms with Gasteiger partial charge in [0.1, 0.15) is 5.82 Å². The summed E-state index contributed by atoms with van der Waals surface area (Å²) in [7, 11) is 0. The summed E-state index contributed by atoms with van der Waals surface area (Å²) in [4.78, 5) is 0. The van der Waals surface area contributed by atoms with Crippen molar-refractivity contribution < 1.29 is 18.3 Å². The van der Waals surface area contributed by atoms with Gasteiger partial charge in [0, 0.05) is 16.5 Å². The standard InChI is InChI=1S/C14H10BrF3O/c15-11-7-9(16)5-4-8(11)6-13(19)10-2-1-3-12(17)14(10)18/h1-5,7,13,19H,6H2. The SMILES string of the molecule is OC(Cc1ccc(F)cc1Br)c1cccc(F)c1F. The van der Waals surface area contributed by atoms with E-state index in [1.165, 1.54) is 30.3 Å². The van der Waals surface area contributed by atoms with Crippen LogP contribution in [0.5, 0.6) is 0 Å². The highest BCUT2D eigenvalue weighted by Gasteiger charge is 2.17. The van der Waals surface area contributed by atoms with Crippen molar-refractivity contribution in [3.63, 3.8) is 0 Å². The van der Waals surface area contributed by atoms with Crippen molar-refractivity contribution in [2.75, 3.05) is 0 Å². The zero-order chi connectivity index (χ0) is 14.0. The third kappa shape index (κ3) is 3.16. The highest BCUT2D eigenvalue weighted by molar-refractivity contribution is 9.10. The molecule has 5 heteroatoms. The molecule has 0 amide bonds. The molecule has 0 aromatic heterocycles. The van der Waals surface area contributed by atoms with E-state index in [1.54, 1.807) is 0 Å². The van der Waals surface area contributed by atoms with Gasteiger partial charge in [-0.3, -0.25) is 0 Å². The van der Waals surface area contributed by atoms with Crippen molar-refractivity contribution in [3.8, 4) is 0 Å². The molecule has 0 aliphatic heterocycles. The van der Waals surface area contributed by atoms with Crippen LogP contribution in [0.1, 0.15) is 17.2 Å². The quantitative estimate of drug-likeness (QED) is 0.896. The molecule has 0 saturated carbocycles. The fraction of sp³-hybridized carbons (Fsp3) is 0.143. The van der Waals surface area contributed by atoms with E-state index in [4.69, 9.17) is 0 Å². The molecule has 2 rings (SSSR count). The first kappa shape index (κ1) is 14.1. The Balaban J connectivity index is 2.25.